The Morgan fingerprint density at radius 2 is 1.78 bits per heavy atom. The van der Waals surface area contributed by atoms with Crippen LogP contribution in [0.4, 0.5) is 5.95 Å². The van der Waals surface area contributed by atoms with Crippen LogP contribution in [-0.4, -0.2) is 26.6 Å². The Kier molecular flexibility index (Phi) is 3.97. The number of aromatic nitrogens is 3. The molecular formula is C13H17ClN4. The second-order valence-corrected chi connectivity index (χ2v) is 4.64. The third-order valence-electron chi connectivity index (χ3n) is 3.35. The smallest absolute Gasteiger partial charge is 0.243 e. The van der Waals surface area contributed by atoms with Crippen molar-refractivity contribution in [1.82, 2.24) is 15.2 Å². The molecule has 0 radical (unpaired) electrons. The molecule has 1 aromatic carbocycles. The Hall–Kier alpha value is -1.42. The maximum absolute atomic E-state index is 6.05. The molecule has 1 aromatic heterocycles. The topological polar surface area (TPSA) is 50.7 Å². The molecule has 0 amide bonds. The lowest BCUT2D eigenvalue weighted by Crippen LogP contribution is -2.39. The maximum Gasteiger partial charge on any atom is 0.243 e. The van der Waals surface area contributed by atoms with Gasteiger partial charge >= 0.3 is 0 Å². The van der Waals surface area contributed by atoms with Crippen LogP contribution in [0.15, 0.2) is 24.3 Å². The first-order valence-corrected chi connectivity index (χ1v) is 6.70. The van der Waals surface area contributed by atoms with Crippen LogP contribution in [0.25, 0.3) is 11.0 Å². The predicted octanol–water partition coefficient (Wildman–Crippen LogP) is 3.23. The highest BCUT2D eigenvalue weighted by molar-refractivity contribution is 6.18. The molecule has 0 aliphatic carbocycles. The summed E-state index contributed by atoms with van der Waals surface area (Å²) in [6.07, 6.45) is 1.84. The molecule has 0 saturated heterocycles. The zero-order valence-corrected chi connectivity index (χ0v) is 11.4. The number of rotatable bonds is 5. The van der Waals surface area contributed by atoms with Crippen molar-refractivity contribution in [2.75, 3.05) is 11.2 Å². The molecule has 2 aromatic rings. The van der Waals surface area contributed by atoms with Crippen molar-refractivity contribution in [3.8, 4) is 0 Å². The van der Waals surface area contributed by atoms with E-state index in [1.165, 1.54) is 0 Å². The molecule has 0 spiro atoms. The van der Waals surface area contributed by atoms with Gasteiger partial charge in [-0.15, -0.1) is 21.8 Å². The highest BCUT2D eigenvalue weighted by Crippen LogP contribution is 2.22. The van der Waals surface area contributed by atoms with Crippen molar-refractivity contribution in [3.63, 3.8) is 0 Å². The highest BCUT2D eigenvalue weighted by atomic mass is 35.5. The summed E-state index contributed by atoms with van der Waals surface area (Å²) in [5.74, 6) is 1.06. The van der Waals surface area contributed by atoms with Gasteiger partial charge in [-0.25, -0.2) is 4.98 Å². The van der Waals surface area contributed by atoms with Gasteiger partial charge in [0.2, 0.25) is 5.95 Å². The molecular weight excluding hydrogens is 248 g/mol. The minimum absolute atomic E-state index is 0.161. The molecule has 18 heavy (non-hydrogen) atoms. The number of benzene rings is 1. The van der Waals surface area contributed by atoms with Gasteiger partial charge in [0, 0.05) is 5.88 Å². The Morgan fingerprint density at radius 3 is 2.39 bits per heavy atom. The van der Waals surface area contributed by atoms with Crippen molar-refractivity contribution in [1.29, 1.82) is 0 Å². The summed E-state index contributed by atoms with van der Waals surface area (Å²) in [5.41, 5.74) is 1.48. The minimum Gasteiger partial charge on any atom is -0.346 e. The van der Waals surface area contributed by atoms with E-state index in [9.17, 15) is 0 Å². The van der Waals surface area contributed by atoms with Gasteiger partial charge in [0.1, 0.15) is 5.52 Å². The highest BCUT2D eigenvalue weighted by Gasteiger charge is 2.25. The lowest BCUT2D eigenvalue weighted by atomic mass is 9.95. The summed E-state index contributed by atoms with van der Waals surface area (Å²) in [6.45, 7) is 4.21. The lowest BCUT2D eigenvalue weighted by Gasteiger charge is -2.30. The molecule has 1 N–H and O–H groups in total. The van der Waals surface area contributed by atoms with E-state index >= 15 is 0 Å². The van der Waals surface area contributed by atoms with Crippen LogP contribution in [0.2, 0.25) is 0 Å². The third-order valence-corrected chi connectivity index (χ3v) is 3.86. The average molecular weight is 265 g/mol. The molecule has 5 heteroatoms. The maximum atomic E-state index is 6.05. The van der Waals surface area contributed by atoms with Crippen molar-refractivity contribution >= 4 is 28.6 Å². The normalized spacial score (nSPS) is 11.7. The van der Waals surface area contributed by atoms with E-state index in [0.717, 1.165) is 23.9 Å². The standard InChI is InChI=1S/C13H17ClN4/c1-3-13(4-2,9-14)16-12-15-10-7-5-6-8-11(10)17-18-12/h5-8H,3-4,9H2,1-2H3,(H,15,16,18). The predicted molar refractivity (Wildman–Crippen MR) is 75.0 cm³/mol. The molecule has 96 valence electrons. The SMILES string of the molecule is CCC(CC)(CCl)Nc1nnc2ccccc2n1. The van der Waals surface area contributed by atoms with Crippen LogP contribution in [-0.2, 0) is 0 Å². The molecule has 1 heterocycles. The van der Waals surface area contributed by atoms with Crippen molar-refractivity contribution in [3.05, 3.63) is 24.3 Å². The van der Waals surface area contributed by atoms with Gasteiger partial charge in [0.05, 0.1) is 11.1 Å². The van der Waals surface area contributed by atoms with Gasteiger partial charge in [-0.1, -0.05) is 26.0 Å². The summed E-state index contributed by atoms with van der Waals surface area (Å²) >= 11 is 6.05. The molecule has 0 aliphatic rings. The van der Waals surface area contributed by atoms with E-state index < -0.39 is 0 Å². The lowest BCUT2D eigenvalue weighted by molar-refractivity contribution is 0.480. The van der Waals surface area contributed by atoms with E-state index in [1.54, 1.807) is 0 Å². The zero-order chi connectivity index (χ0) is 13.0. The number of anilines is 1. The van der Waals surface area contributed by atoms with Crippen molar-refractivity contribution in [2.24, 2.45) is 0 Å². The number of halogens is 1. The second-order valence-electron chi connectivity index (χ2n) is 4.37. The third kappa shape index (κ3) is 2.53. The van der Waals surface area contributed by atoms with Gasteiger partial charge in [0.25, 0.3) is 0 Å². The summed E-state index contributed by atoms with van der Waals surface area (Å²) in [6, 6.07) is 7.69. The number of alkyl halides is 1. The molecule has 0 aliphatic heterocycles. The molecule has 2 rings (SSSR count). The molecule has 0 fully saturated rings. The van der Waals surface area contributed by atoms with Crippen LogP contribution < -0.4 is 5.32 Å². The fourth-order valence-electron chi connectivity index (χ4n) is 1.82. The number of nitrogens with one attached hydrogen (secondary N) is 1. The first-order chi connectivity index (χ1) is 8.73. The van der Waals surface area contributed by atoms with Gasteiger partial charge in [-0.2, -0.15) is 0 Å². The Bertz CT molecular complexity index is 517. The van der Waals surface area contributed by atoms with Gasteiger partial charge in [-0.3, -0.25) is 0 Å². The monoisotopic (exact) mass is 264 g/mol. The fraction of sp³-hybridized carbons (Fsp3) is 0.462. The first-order valence-electron chi connectivity index (χ1n) is 6.16. The minimum atomic E-state index is -0.161. The zero-order valence-electron chi connectivity index (χ0n) is 10.7. The van der Waals surface area contributed by atoms with E-state index in [-0.39, 0.29) is 5.54 Å². The molecule has 0 bridgehead atoms. The quantitative estimate of drug-likeness (QED) is 0.843. The average Bonchev–Trinajstić information content (AvgIpc) is 2.45. The largest absolute Gasteiger partial charge is 0.346 e. The number of nitrogens with zero attached hydrogens (tertiary/aromatic N) is 3. The summed E-state index contributed by atoms with van der Waals surface area (Å²) in [7, 11) is 0. The second kappa shape index (κ2) is 5.48. The van der Waals surface area contributed by atoms with E-state index in [4.69, 9.17) is 11.6 Å². The Balaban J connectivity index is 2.31. The Labute approximate surface area is 112 Å². The summed E-state index contributed by atoms with van der Waals surface area (Å²) in [5, 5.41) is 11.6. The van der Waals surface area contributed by atoms with Crippen LogP contribution in [0.3, 0.4) is 0 Å². The van der Waals surface area contributed by atoms with Gasteiger partial charge < -0.3 is 5.32 Å². The van der Waals surface area contributed by atoms with Crippen LogP contribution >= 0.6 is 11.6 Å². The molecule has 4 nitrogen and oxygen atoms in total. The number of hydrogen-bond donors (Lipinski definition) is 1. The fourth-order valence-corrected chi connectivity index (χ4v) is 2.27. The van der Waals surface area contributed by atoms with E-state index in [1.807, 2.05) is 24.3 Å². The number of hydrogen-bond acceptors (Lipinski definition) is 4. The molecule has 0 unspecified atom stereocenters. The molecule has 0 saturated carbocycles. The van der Waals surface area contributed by atoms with E-state index in [2.05, 4.69) is 34.3 Å². The van der Waals surface area contributed by atoms with Gasteiger partial charge in [-0.05, 0) is 25.0 Å². The first kappa shape index (κ1) is 13.0. The van der Waals surface area contributed by atoms with Crippen molar-refractivity contribution in [2.45, 2.75) is 32.2 Å². The Morgan fingerprint density at radius 1 is 1.11 bits per heavy atom. The van der Waals surface area contributed by atoms with Gasteiger partial charge in [0.15, 0.2) is 0 Å². The van der Waals surface area contributed by atoms with Crippen molar-refractivity contribution < 1.29 is 0 Å². The van der Waals surface area contributed by atoms with Crippen LogP contribution in [0.5, 0.6) is 0 Å². The summed E-state index contributed by atoms with van der Waals surface area (Å²) < 4.78 is 0. The summed E-state index contributed by atoms with van der Waals surface area (Å²) in [4.78, 5) is 4.46. The van der Waals surface area contributed by atoms with Crippen LogP contribution in [0, 0.1) is 0 Å². The number of fused-ring (bicyclic) bond motifs is 1. The van der Waals surface area contributed by atoms with Crippen LogP contribution in [0.1, 0.15) is 26.7 Å². The van der Waals surface area contributed by atoms with E-state index in [0.29, 0.717) is 11.8 Å². The molecule has 0 atom stereocenters. The number of para-hydroxylation sites is 1.